The van der Waals surface area contributed by atoms with Crippen LogP contribution >= 0.6 is 0 Å². The molecule has 0 fully saturated rings. The number of hydrogen-bond acceptors (Lipinski definition) is 6. The first-order valence-electron chi connectivity index (χ1n) is 9.85. The second kappa shape index (κ2) is 10.9. The summed E-state index contributed by atoms with van der Waals surface area (Å²) < 4.78 is 0. The molecule has 0 aliphatic heterocycles. The zero-order valence-corrected chi connectivity index (χ0v) is 17.3. The smallest absolute Gasteiger partial charge is 0.426 e. The molecule has 30 heavy (non-hydrogen) atoms. The highest BCUT2D eigenvalue weighted by Crippen LogP contribution is 2.19. The topological polar surface area (TPSA) is 132 Å². The lowest BCUT2D eigenvalue weighted by atomic mass is 9.75. The van der Waals surface area contributed by atoms with E-state index in [2.05, 4.69) is 15.6 Å². The van der Waals surface area contributed by atoms with E-state index in [4.69, 9.17) is 0 Å². The highest BCUT2D eigenvalue weighted by Gasteiger charge is 2.32. The number of nitrogens with one attached hydrogen (secondary N) is 2. The molecule has 160 valence electrons. The molecule has 0 saturated heterocycles. The first-order chi connectivity index (χ1) is 14.2. The average Bonchev–Trinajstić information content (AvgIpc) is 2.71. The largest absolute Gasteiger partial charge is 0.475 e. The number of hydrogen-bond donors (Lipinski definition) is 5. The van der Waals surface area contributed by atoms with Gasteiger partial charge in [0.25, 0.3) is 5.91 Å². The van der Waals surface area contributed by atoms with Crippen LogP contribution in [0.25, 0.3) is 11.1 Å². The van der Waals surface area contributed by atoms with Gasteiger partial charge >= 0.3 is 7.12 Å². The summed E-state index contributed by atoms with van der Waals surface area (Å²) >= 11 is 0. The monoisotopic (exact) mass is 413 g/mol. The number of aromatic nitrogens is 1. The van der Waals surface area contributed by atoms with Gasteiger partial charge in [0.2, 0.25) is 5.91 Å². The lowest BCUT2D eigenvalue weighted by Crippen LogP contribution is -2.57. The molecule has 3 atom stereocenters. The SMILES string of the molecule is CC(C)C[C@H](NC(=O)[C@@H](NC(=O)c1cccc(-c2cccnc2)c1)[C@@H](C)O)B(O)O. The Hall–Kier alpha value is -2.75. The fourth-order valence-corrected chi connectivity index (χ4v) is 3.04. The summed E-state index contributed by atoms with van der Waals surface area (Å²) in [5.74, 6) is -2.04. The van der Waals surface area contributed by atoms with Crippen LogP contribution in [-0.4, -0.2) is 57.2 Å². The maximum Gasteiger partial charge on any atom is 0.475 e. The van der Waals surface area contributed by atoms with Gasteiger partial charge in [0.15, 0.2) is 0 Å². The van der Waals surface area contributed by atoms with Crippen molar-refractivity contribution in [3.05, 3.63) is 54.4 Å². The van der Waals surface area contributed by atoms with Gasteiger partial charge in [-0.15, -0.1) is 0 Å². The Balaban J connectivity index is 2.14. The van der Waals surface area contributed by atoms with Gasteiger partial charge in [0.1, 0.15) is 6.04 Å². The van der Waals surface area contributed by atoms with Gasteiger partial charge in [0, 0.05) is 23.5 Å². The van der Waals surface area contributed by atoms with Crippen molar-refractivity contribution in [1.29, 1.82) is 0 Å². The number of benzene rings is 1. The maximum atomic E-state index is 12.7. The van der Waals surface area contributed by atoms with E-state index in [1.54, 1.807) is 36.7 Å². The third kappa shape index (κ3) is 6.65. The van der Waals surface area contributed by atoms with Crippen molar-refractivity contribution in [2.75, 3.05) is 0 Å². The molecule has 2 rings (SSSR count). The summed E-state index contributed by atoms with van der Waals surface area (Å²) in [6.45, 7) is 5.14. The van der Waals surface area contributed by atoms with Crippen molar-refractivity contribution in [3.8, 4) is 11.1 Å². The molecule has 1 aromatic carbocycles. The predicted octanol–water partition coefficient (Wildman–Crippen LogP) is 0.771. The molecule has 0 saturated carbocycles. The van der Waals surface area contributed by atoms with Crippen LogP contribution in [0.1, 0.15) is 37.6 Å². The summed E-state index contributed by atoms with van der Waals surface area (Å²) in [4.78, 5) is 29.4. The van der Waals surface area contributed by atoms with Gasteiger partial charge in [-0.3, -0.25) is 14.6 Å². The van der Waals surface area contributed by atoms with E-state index >= 15 is 0 Å². The summed E-state index contributed by atoms with van der Waals surface area (Å²) in [6.07, 6.45) is 2.47. The minimum Gasteiger partial charge on any atom is -0.426 e. The van der Waals surface area contributed by atoms with Crippen LogP contribution in [0.4, 0.5) is 0 Å². The number of carbonyl (C=O) groups excluding carboxylic acids is 2. The summed E-state index contributed by atoms with van der Waals surface area (Å²) in [7, 11) is -1.75. The lowest BCUT2D eigenvalue weighted by molar-refractivity contribution is -0.125. The molecule has 0 spiro atoms. The van der Waals surface area contributed by atoms with Crippen molar-refractivity contribution >= 4 is 18.9 Å². The van der Waals surface area contributed by atoms with Crippen LogP contribution in [0.15, 0.2) is 48.8 Å². The minimum atomic E-state index is -1.75. The number of carbonyl (C=O) groups is 2. The van der Waals surface area contributed by atoms with E-state index in [-0.39, 0.29) is 5.92 Å². The van der Waals surface area contributed by atoms with Crippen molar-refractivity contribution < 1.29 is 24.7 Å². The van der Waals surface area contributed by atoms with Gasteiger partial charge in [0.05, 0.1) is 12.0 Å². The Morgan fingerprint density at radius 1 is 1.07 bits per heavy atom. The predicted molar refractivity (Wildman–Crippen MR) is 114 cm³/mol. The van der Waals surface area contributed by atoms with Gasteiger partial charge in [-0.1, -0.05) is 32.0 Å². The van der Waals surface area contributed by atoms with Gasteiger partial charge in [-0.25, -0.2) is 0 Å². The summed E-state index contributed by atoms with van der Waals surface area (Å²) in [6, 6.07) is 9.23. The van der Waals surface area contributed by atoms with E-state index in [0.717, 1.165) is 11.1 Å². The van der Waals surface area contributed by atoms with E-state index in [1.807, 2.05) is 26.0 Å². The second-order valence-electron chi connectivity index (χ2n) is 7.67. The highest BCUT2D eigenvalue weighted by molar-refractivity contribution is 6.43. The average molecular weight is 413 g/mol. The number of nitrogens with zero attached hydrogens (tertiary/aromatic N) is 1. The van der Waals surface area contributed by atoms with Crippen LogP contribution in [-0.2, 0) is 4.79 Å². The molecule has 1 heterocycles. The van der Waals surface area contributed by atoms with Crippen molar-refractivity contribution in [1.82, 2.24) is 15.6 Å². The molecular formula is C21H28BN3O5. The van der Waals surface area contributed by atoms with Crippen molar-refractivity contribution in [2.45, 2.75) is 45.3 Å². The van der Waals surface area contributed by atoms with Gasteiger partial charge in [-0.05, 0) is 43.0 Å². The van der Waals surface area contributed by atoms with Gasteiger partial charge < -0.3 is 25.8 Å². The fraction of sp³-hybridized carbons (Fsp3) is 0.381. The van der Waals surface area contributed by atoms with E-state index in [0.29, 0.717) is 12.0 Å². The van der Waals surface area contributed by atoms with Crippen LogP contribution < -0.4 is 10.6 Å². The Kier molecular flexibility index (Phi) is 8.52. The van der Waals surface area contributed by atoms with Crippen LogP contribution in [0.2, 0.25) is 0 Å². The number of pyridine rings is 1. The highest BCUT2D eigenvalue weighted by atomic mass is 16.4. The third-order valence-corrected chi connectivity index (χ3v) is 4.58. The zero-order valence-electron chi connectivity index (χ0n) is 17.3. The standard InChI is InChI=1S/C21H28BN3O5/c1-13(2)10-18(22(29)30)24-21(28)19(14(3)26)25-20(27)16-7-4-6-15(11-16)17-8-5-9-23-12-17/h4-9,11-14,18-19,26,29-30H,10H2,1-3H3,(H,24,28)(H,25,27)/t14-,18+,19+/m1/s1. The van der Waals surface area contributed by atoms with Crippen molar-refractivity contribution in [2.24, 2.45) is 5.92 Å². The molecule has 5 N–H and O–H groups in total. The third-order valence-electron chi connectivity index (χ3n) is 4.58. The summed E-state index contributed by atoms with van der Waals surface area (Å²) in [5, 5.41) is 34.1. The molecule has 2 amide bonds. The van der Waals surface area contributed by atoms with E-state index in [1.165, 1.54) is 6.92 Å². The van der Waals surface area contributed by atoms with Crippen LogP contribution in [0.3, 0.4) is 0 Å². The number of aliphatic hydroxyl groups excluding tert-OH is 1. The van der Waals surface area contributed by atoms with Gasteiger partial charge in [-0.2, -0.15) is 0 Å². The van der Waals surface area contributed by atoms with E-state index < -0.39 is 37.0 Å². The normalized spacial score (nSPS) is 14.0. The molecule has 0 radical (unpaired) electrons. The van der Waals surface area contributed by atoms with Crippen LogP contribution in [0, 0.1) is 5.92 Å². The zero-order chi connectivity index (χ0) is 22.3. The first-order valence-corrected chi connectivity index (χ1v) is 9.85. The molecule has 8 nitrogen and oxygen atoms in total. The molecule has 0 aliphatic rings. The molecule has 1 aromatic heterocycles. The maximum absolute atomic E-state index is 12.7. The number of aliphatic hydroxyl groups is 1. The van der Waals surface area contributed by atoms with E-state index in [9.17, 15) is 24.7 Å². The Morgan fingerprint density at radius 2 is 1.77 bits per heavy atom. The summed E-state index contributed by atoms with van der Waals surface area (Å²) in [5.41, 5.74) is 1.94. The molecule has 2 aromatic rings. The minimum absolute atomic E-state index is 0.104. The molecule has 9 heteroatoms. The quantitative estimate of drug-likeness (QED) is 0.386. The Morgan fingerprint density at radius 3 is 2.33 bits per heavy atom. The lowest BCUT2D eigenvalue weighted by Gasteiger charge is -2.25. The molecular weight excluding hydrogens is 385 g/mol. The molecule has 0 bridgehead atoms. The molecule has 0 aliphatic carbocycles. The fourth-order valence-electron chi connectivity index (χ4n) is 3.04. The molecule has 0 unspecified atom stereocenters. The number of rotatable bonds is 9. The van der Waals surface area contributed by atoms with Crippen LogP contribution in [0.5, 0.6) is 0 Å². The number of amides is 2. The first kappa shape index (κ1) is 23.5. The Labute approximate surface area is 176 Å². The Bertz CT molecular complexity index is 846. The van der Waals surface area contributed by atoms with Crippen molar-refractivity contribution in [3.63, 3.8) is 0 Å². The second-order valence-corrected chi connectivity index (χ2v) is 7.67.